The van der Waals surface area contributed by atoms with Gasteiger partial charge < -0.3 is 9.47 Å². The van der Waals surface area contributed by atoms with Crippen LogP contribution < -0.4 is 16.1 Å². The molecule has 6 nitrogen and oxygen atoms in total. The first-order chi connectivity index (χ1) is 10.5. The maximum absolute atomic E-state index is 12.8. The summed E-state index contributed by atoms with van der Waals surface area (Å²) in [6.07, 6.45) is 3.10. The zero-order chi connectivity index (χ0) is 15.9. The van der Waals surface area contributed by atoms with Crippen molar-refractivity contribution in [2.75, 3.05) is 11.4 Å². The second kappa shape index (κ2) is 5.29. The largest absolute Gasteiger partial charge is 0.330 e. The van der Waals surface area contributed by atoms with Crippen LogP contribution in [0.5, 0.6) is 0 Å². The van der Waals surface area contributed by atoms with E-state index in [1.165, 1.54) is 24.9 Å². The summed E-state index contributed by atoms with van der Waals surface area (Å²) in [5.41, 5.74) is 0.955. The van der Waals surface area contributed by atoms with Gasteiger partial charge in [-0.2, -0.15) is 0 Å². The van der Waals surface area contributed by atoms with Crippen molar-refractivity contribution >= 4 is 11.6 Å². The molecule has 0 radical (unpaired) electrons. The zero-order valence-electron chi connectivity index (χ0n) is 12.6. The molecule has 1 amide bonds. The van der Waals surface area contributed by atoms with Crippen molar-refractivity contribution in [2.24, 2.45) is 14.1 Å². The summed E-state index contributed by atoms with van der Waals surface area (Å²) >= 11 is 0. The van der Waals surface area contributed by atoms with Crippen LogP contribution in [0.2, 0.25) is 0 Å². The van der Waals surface area contributed by atoms with Gasteiger partial charge in [-0.25, -0.2) is 4.79 Å². The Bertz CT molecular complexity index is 864. The van der Waals surface area contributed by atoms with E-state index in [0.717, 1.165) is 28.7 Å². The molecule has 0 unspecified atom stereocenters. The van der Waals surface area contributed by atoms with Crippen LogP contribution in [-0.2, 0) is 20.5 Å². The van der Waals surface area contributed by atoms with Crippen molar-refractivity contribution in [3.8, 4) is 0 Å². The molecule has 0 saturated heterocycles. The van der Waals surface area contributed by atoms with Gasteiger partial charge in [-0.15, -0.1) is 0 Å². The monoisotopic (exact) mass is 299 g/mol. The van der Waals surface area contributed by atoms with E-state index in [1.807, 2.05) is 24.3 Å². The first-order valence-electron chi connectivity index (χ1n) is 7.17. The van der Waals surface area contributed by atoms with Crippen molar-refractivity contribution in [3.05, 3.63) is 62.4 Å². The van der Waals surface area contributed by atoms with Crippen molar-refractivity contribution in [1.82, 2.24) is 9.13 Å². The molecule has 22 heavy (non-hydrogen) atoms. The molecule has 114 valence electrons. The van der Waals surface area contributed by atoms with E-state index in [0.29, 0.717) is 6.54 Å². The summed E-state index contributed by atoms with van der Waals surface area (Å²) in [4.78, 5) is 38.4. The lowest BCUT2D eigenvalue weighted by Crippen LogP contribution is -2.44. The van der Waals surface area contributed by atoms with Crippen LogP contribution in [0.15, 0.2) is 40.1 Å². The highest BCUT2D eigenvalue weighted by atomic mass is 16.2. The van der Waals surface area contributed by atoms with E-state index in [4.69, 9.17) is 0 Å². The quantitative estimate of drug-likeness (QED) is 0.778. The van der Waals surface area contributed by atoms with E-state index in [-0.39, 0.29) is 11.5 Å². The van der Waals surface area contributed by atoms with Gasteiger partial charge in [-0.1, -0.05) is 18.2 Å². The fraction of sp³-hybridized carbons (Fsp3) is 0.312. The van der Waals surface area contributed by atoms with Gasteiger partial charge in [-0.3, -0.25) is 14.2 Å². The fourth-order valence-corrected chi connectivity index (χ4v) is 2.84. The van der Waals surface area contributed by atoms with E-state index in [9.17, 15) is 14.4 Å². The number of amides is 1. The summed E-state index contributed by atoms with van der Waals surface area (Å²) in [5.74, 6) is -0.358. The molecule has 1 aliphatic heterocycles. The molecule has 0 saturated carbocycles. The number of fused-ring (bicyclic) bond motifs is 1. The number of aromatic nitrogens is 2. The van der Waals surface area contributed by atoms with Crippen molar-refractivity contribution < 1.29 is 4.79 Å². The summed E-state index contributed by atoms with van der Waals surface area (Å²) < 4.78 is 2.22. The van der Waals surface area contributed by atoms with Crippen LogP contribution in [0.1, 0.15) is 22.3 Å². The van der Waals surface area contributed by atoms with Gasteiger partial charge in [0.25, 0.3) is 11.5 Å². The average molecular weight is 299 g/mol. The number of hydrogen-bond acceptors (Lipinski definition) is 3. The SMILES string of the molecule is Cn1cc(C(=O)N2CCCc3ccccc32)c(=O)n(C)c1=O. The molecule has 2 aromatic rings. The predicted octanol–water partition coefficient (Wildman–Crippen LogP) is 0.677. The molecule has 0 spiro atoms. The average Bonchev–Trinajstić information content (AvgIpc) is 2.55. The number of aryl methyl sites for hydroxylation is 2. The van der Waals surface area contributed by atoms with Gasteiger partial charge in [0, 0.05) is 32.5 Å². The topological polar surface area (TPSA) is 64.3 Å². The molecule has 1 aliphatic rings. The second-order valence-electron chi connectivity index (χ2n) is 5.49. The summed E-state index contributed by atoms with van der Waals surface area (Å²) in [6.45, 7) is 0.571. The standard InChI is InChI=1S/C16H17N3O3/c1-17-10-12(14(20)18(2)16(17)22)15(21)19-9-5-7-11-6-3-4-8-13(11)19/h3-4,6,8,10H,5,7,9H2,1-2H3. The lowest BCUT2D eigenvalue weighted by Gasteiger charge is -2.29. The molecule has 1 aromatic carbocycles. The Morgan fingerprint density at radius 1 is 1.14 bits per heavy atom. The third kappa shape index (κ3) is 2.16. The summed E-state index contributed by atoms with van der Waals surface area (Å²) in [5, 5.41) is 0. The Labute approximate surface area is 127 Å². The molecular formula is C16H17N3O3. The number of benzene rings is 1. The van der Waals surface area contributed by atoms with Crippen LogP contribution in [0.25, 0.3) is 0 Å². The Kier molecular flexibility index (Phi) is 3.44. The third-order valence-corrected chi connectivity index (χ3v) is 4.03. The highest BCUT2D eigenvalue weighted by Gasteiger charge is 2.26. The Morgan fingerprint density at radius 3 is 2.64 bits per heavy atom. The second-order valence-corrected chi connectivity index (χ2v) is 5.49. The molecule has 0 bridgehead atoms. The minimum absolute atomic E-state index is 0.0151. The Hall–Kier alpha value is -2.63. The van der Waals surface area contributed by atoms with Crippen molar-refractivity contribution in [2.45, 2.75) is 12.8 Å². The maximum atomic E-state index is 12.8. The molecule has 0 N–H and O–H groups in total. The fourth-order valence-electron chi connectivity index (χ4n) is 2.84. The van der Waals surface area contributed by atoms with Gasteiger partial charge in [0.05, 0.1) is 0 Å². The molecule has 2 heterocycles. The van der Waals surface area contributed by atoms with Gasteiger partial charge in [0.1, 0.15) is 5.56 Å². The van der Waals surface area contributed by atoms with Crippen LogP contribution in [0.3, 0.4) is 0 Å². The van der Waals surface area contributed by atoms with Gasteiger partial charge in [-0.05, 0) is 24.5 Å². The molecule has 0 atom stereocenters. The van der Waals surface area contributed by atoms with E-state index >= 15 is 0 Å². The third-order valence-electron chi connectivity index (χ3n) is 4.03. The van der Waals surface area contributed by atoms with E-state index < -0.39 is 11.2 Å². The molecule has 0 aliphatic carbocycles. The summed E-state index contributed by atoms with van der Waals surface area (Å²) in [7, 11) is 2.91. The predicted molar refractivity (Wildman–Crippen MR) is 83.4 cm³/mol. The van der Waals surface area contributed by atoms with Crippen LogP contribution in [-0.4, -0.2) is 21.6 Å². The molecule has 6 heteroatoms. The number of carbonyl (C=O) groups excluding carboxylic acids is 1. The first kappa shape index (κ1) is 14.3. The zero-order valence-corrected chi connectivity index (χ0v) is 12.6. The molecule has 0 fully saturated rings. The summed E-state index contributed by atoms with van der Waals surface area (Å²) in [6, 6.07) is 7.70. The van der Waals surface area contributed by atoms with Gasteiger partial charge in [0.15, 0.2) is 0 Å². The highest BCUT2D eigenvalue weighted by Crippen LogP contribution is 2.27. The van der Waals surface area contributed by atoms with Crippen LogP contribution >= 0.6 is 0 Å². The molecule has 3 rings (SSSR count). The number of para-hydroxylation sites is 1. The maximum Gasteiger partial charge on any atom is 0.330 e. The lowest BCUT2D eigenvalue weighted by molar-refractivity contribution is 0.0982. The number of hydrogen-bond donors (Lipinski definition) is 0. The lowest BCUT2D eigenvalue weighted by atomic mass is 10.0. The van der Waals surface area contributed by atoms with Gasteiger partial charge >= 0.3 is 5.69 Å². The number of carbonyl (C=O) groups is 1. The van der Waals surface area contributed by atoms with Crippen LogP contribution in [0, 0.1) is 0 Å². The number of nitrogens with zero attached hydrogens (tertiary/aromatic N) is 3. The minimum Gasteiger partial charge on any atom is -0.308 e. The van der Waals surface area contributed by atoms with E-state index in [1.54, 1.807) is 4.90 Å². The number of rotatable bonds is 1. The Morgan fingerprint density at radius 2 is 1.86 bits per heavy atom. The van der Waals surface area contributed by atoms with Crippen molar-refractivity contribution in [1.29, 1.82) is 0 Å². The van der Waals surface area contributed by atoms with E-state index in [2.05, 4.69) is 0 Å². The van der Waals surface area contributed by atoms with Crippen LogP contribution in [0.4, 0.5) is 5.69 Å². The highest BCUT2D eigenvalue weighted by molar-refractivity contribution is 6.06. The molecule has 1 aromatic heterocycles. The van der Waals surface area contributed by atoms with Gasteiger partial charge in [0.2, 0.25) is 0 Å². The Balaban J connectivity index is 2.11. The van der Waals surface area contributed by atoms with Crippen molar-refractivity contribution in [3.63, 3.8) is 0 Å². The minimum atomic E-state index is -0.559. The number of anilines is 1. The first-order valence-corrected chi connectivity index (χ1v) is 7.17. The normalized spacial score (nSPS) is 13.8. The smallest absolute Gasteiger partial charge is 0.308 e. The molecular weight excluding hydrogens is 282 g/mol.